The highest BCUT2D eigenvalue weighted by Gasteiger charge is 2.17. The molecule has 1 aliphatic heterocycles. The fraction of sp³-hybridized carbons (Fsp3) is 0.480. The lowest BCUT2D eigenvalue weighted by atomic mass is 10.1. The maximum Gasteiger partial charge on any atom is 0.191 e. The fourth-order valence-corrected chi connectivity index (χ4v) is 3.49. The predicted octanol–water partition coefficient (Wildman–Crippen LogP) is 3.21. The molecular formula is C25H35N3O4. The van der Waals surface area contributed by atoms with Crippen LogP contribution in [0.3, 0.4) is 0 Å². The summed E-state index contributed by atoms with van der Waals surface area (Å²) in [6, 6.07) is 13.6. The Morgan fingerprint density at radius 2 is 2.03 bits per heavy atom. The van der Waals surface area contributed by atoms with Gasteiger partial charge in [0.05, 0.1) is 33.0 Å². The molecule has 0 amide bonds. The van der Waals surface area contributed by atoms with Gasteiger partial charge < -0.3 is 30.0 Å². The summed E-state index contributed by atoms with van der Waals surface area (Å²) < 4.78 is 16.8. The van der Waals surface area contributed by atoms with Crippen molar-refractivity contribution in [3.05, 3.63) is 59.2 Å². The van der Waals surface area contributed by atoms with Gasteiger partial charge in [-0.1, -0.05) is 24.3 Å². The van der Waals surface area contributed by atoms with Gasteiger partial charge in [-0.05, 0) is 49.6 Å². The summed E-state index contributed by atoms with van der Waals surface area (Å²) in [5.41, 5.74) is 3.00. The van der Waals surface area contributed by atoms with Gasteiger partial charge in [0.2, 0.25) is 0 Å². The Morgan fingerprint density at radius 3 is 2.72 bits per heavy atom. The Bertz CT molecular complexity index is 864. The number of hydrogen-bond acceptors (Lipinski definition) is 5. The van der Waals surface area contributed by atoms with E-state index >= 15 is 0 Å². The van der Waals surface area contributed by atoms with Crippen LogP contribution in [0.15, 0.2) is 47.5 Å². The average Bonchev–Trinajstić information content (AvgIpc) is 3.34. The zero-order valence-corrected chi connectivity index (χ0v) is 19.3. The van der Waals surface area contributed by atoms with E-state index in [2.05, 4.69) is 35.8 Å². The maximum absolute atomic E-state index is 10.5. The van der Waals surface area contributed by atoms with Gasteiger partial charge in [0, 0.05) is 31.2 Å². The number of methoxy groups -OCH3 is 1. The van der Waals surface area contributed by atoms with E-state index in [0.717, 1.165) is 54.4 Å². The average molecular weight is 442 g/mol. The van der Waals surface area contributed by atoms with Crippen LogP contribution in [0.1, 0.15) is 36.1 Å². The van der Waals surface area contributed by atoms with Crippen molar-refractivity contribution in [3.63, 3.8) is 0 Å². The van der Waals surface area contributed by atoms with E-state index in [9.17, 15) is 5.11 Å². The molecule has 0 aromatic heterocycles. The smallest absolute Gasteiger partial charge is 0.191 e. The van der Waals surface area contributed by atoms with Crippen LogP contribution in [-0.4, -0.2) is 51.1 Å². The van der Waals surface area contributed by atoms with Crippen molar-refractivity contribution in [2.24, 2.45) is 10.9 Å². The van der Waals surface area contributed by atoms with Crippen LogP contribution in [0.4, 0.5) is 0 Å². The summed E-state index contributed by atoms with van der Waals surface area (Å²) in [7, 11) is 1.62. The number of benzene rings is 2. The highest BCUT2D eigenvalue weighted by atomic mass is 16.5. The van der Waals surface area contributed by atoms with Crippen LogP contribution in [0, 0.1) is 12.8 Å². The summed E-state index contributed by atoms with van der Waals surface area (Å²) in [5, 5.41) is 17.0. The van der Waals surface area contributed by atoms with Crippen LogP contribution in [-0.2, 0) is 11.3 Å². The van der Waals surface area contributed by atoms with Crippen LogP contribution in [0.2, 0.25) is 0 Å². The maximum atomic E-state index is 10.5. The van der Waals surface area contributed by atoms with Gasteiger partial charge in [0.1, 0.15) is 11.5 Å². The van der Waals surface area contributed by atoms with Gasteiger partial charge in [-0.2, -0.15) is 0 Å². The van der Waals surface area contributed by atoms with E-state index < -0.39 is 6.10 Å². The van der Waals surface area contributed by atoms with Gasteiger partial charge in [0.15, 0.2) is 5.96 Å². The molecule has 2 atom stereocenters. The summed E-state index contributed by atoms with van der Waals surface area (Å²) in [6.45, 7) is 7.87. The monoisotopic (exact) mass is 441 g/mol. The molecule has 0 bridgehead atoms. The highest BCUT2D eigenvalue weighted by Crippen LogP contribution is 2.23. The number of aliphatic hydroxyl groups excluding tert-OH is 1. The van der Waals surface area contributed by atoms with Crippen LogP contribution < -0.4 is 20.1 Å². The minimum Gasteiger partial charge on any atom is -0.497 e. The molecule has 2 aromatic carbocycles. The molecule has 0 spiro atoms. The minimum absolute atomic E-state index is 0.344. The number of nitrogens with one attached hydrogen (secondary N) is 2. The van der Waals surface area contributed by atoms with Gasteiger partial charge in [-0.3, -0.25) is 0 Å². The van der Waals surface area contributed by atoms with E-state index in [1.54, 1.807) is 7.11 Å². The first-order chi connectivity index (χ1) is 15.6. The Hall–Kier alpha value is -2.77. The molecule has 7 heteroatoms. The molecule has 1 heterocycles. The second-order valence-corrected chi connectivity index (χ2v) is 8.02. The van der Waals surface area contributed by atoms with E-state index in [4.69, 9.17) is 19.2 Å². The van der Waals surface area contributed by atoms with Crippen LogP contribution in [0.25, 0.3) is 0 Å². The number of ether oxygens (including phenoxy) is 3. The highest BCUT2D eigenvalue weighted by molar-refractivity contribution is 5.79. The second-order valence-electron chi connectivity index (χ2n) is 8.02. The van der Waals surface area contributed by atoms with Crippen molar-refractivity contribution in [2.45, 2.75) is 32.9 Å². The van der Waals surface area contributed by atoms with E-state index in [1.807, 2.05) is 31.2 Å². The zero-order valence-electron chi connectivity index (χ0n) is 19.3. The number of guanidine groups is 1. The van der Waals surface area contributed by atoms with Crippen molar-refractivity contribution in [1.29, 1.82) is 0 Å². The third kappa shape index (κ3) is 7.14. The van der Waals surface area contributed by atoms with Crippen LogP contribution >= 0.6 is 0 Å². The van der Waals surface area contributed by atoms with Gasteiger partial charge in [0.25, 0.3) is 0 Å². The van der Waals surface area contributed by atoms with Gasteiger partial charge >= 0.3 is 0 Å². The molecule has 0 saturated carbocycles. The largest absolute Gasteiger partial charge is 0.497 e. The fourth-order valence-electron chi connectivity index (χ4n) is 3.49. The third-order valence-corrected chi connectivity index (χ3v) is 5.44. The predicted molar refractivity (Wildman–Crippen MR) is 126 cm³/mol. The van der Waals surface area contributed by atoms with E-state index in [-0.39, 0.29) is 0 Å². The Labute approximate surface area is 190 Å². The topological polar surface area (TPSA) is 84.3 Å². The van der Waals surface area contributed by atoms with Gasteiger partial charge in [-0.15, -0.1) is 0 Å². The molecule has 7 nitrogen and oxygen atoms in total. The normalized spacial score (nSPS) is 17.1. The van der Waals surface area contributed by atoms with Crippen molar-refractivity contribution in [1.82, 2.24) is 10.6 Å². The number of rotatable bonds is 10. The lowest BCUT2D eigenvalue weighted by Gasteiger charge is -2.17. The Balaban J connectivity index is 1.61. The van der Waals surface area contributed by atoms with Gasteiger partial charge in [-0.25, -0.2) is 4.99 Å². The second kappa shape index (κ2) is 12.3. The van der Waals surface area contributed by atoms with E-state index in [1.165, 1.54) is 0 Å². The lowest BCUT2D eigenvalue weighted by molar-refractivity contribution is 0.166. The summed E-state index contributed by atoms with van der Waals surface area (Å²) in [6.07, 6.45) is 0.390. The summed E-state index contributed by atoms with van der Waals surface area (Å²) >= 11 is 0. The minimum atomic E-state index is -0.656. The molecule has 3 N–H and O–H groups in total. The third-order valence-electron chi connectivity index (χ3n) is 5.44. The first-order valence-electron chi connectivity index (χ1n) is 11.2. The van der Waals surface area contributed by atoms with Crippen molar-refractivity contribution < 1.29 is 19.3 Å². The molecule has 2 unspecified atom stereocenters. The van der Waals surface area contributed by atoms with Crippen molar-refractivity contribution >= 4 is 5.96 Å². The molecule has 1 aliphatic rings. The molecular weight excluding hydrogens is 406 g/mol. The summed E-state index contributed by atoms with van der Waals surface area (Å²) in [5.74, 6) is 2.73. The first-order valence-corrected chi connectivity index (χ1v) is 11.2. The standard InChI is InChI=1S/C25H35N3O4/c1-4-26-25(28-15-23(29)20-7-9-22(30-3)10-8-20)27-14-21-6-5-18(2)13-24(21)32-17-19-11-12-31-16-19/h5-10,13,19,23,29H,4,11-12,14-17H2,1-3H3,(H2,26,27,28). The molecule has 3 rings (SSSR count). The van der Waals surface area contributed by atoms with Crippen molar-refractivity contribution in [3.8, 4) is 11.5 Å². The first kappa shape index (κ1) is 23.9. The molecule has 0 aliphatic carbocycles. The molecule has 0 radical (unpaired) electrons. The Kier molecular flexibility index (Phi) is 9.19. The lowest BCUT2D eigenvalue weighted by Crippen LogP contribution is -2.39. The zero-order chi connectivity index (χ0) is 22.8. The van der Waals surface area contributed by atoms with E-state index in [0.29, 0.717) is 31.6 Å². The SMILES string of the molecule is CCNC(=NCc1ccc(C)cc1OCC1CCOC1)NCC(O)c1ccc(OC)cc1. The molecule has 2 aromatic rings. The molecule has 1 saturated heterocycles. The Morgan fingerprint density at radius 1 is 1.22 bits per heavy atom. The molecule has 1 fully saturated rings. The number of nitrogens with zero attached hydrogens (tertiary/aromatic N) is 1. The quantitative estimate of drug-likeness (QED) is 0.388. The van der Waals surface area contributed by atoms with Crippen molar-refractivity contribution in [2.75, 3.05) is 40.0 Å². The summed E-state index contributed by atoms with van der Waals surface area (Å²) in [4.78, 5) is 4.71. The number of aliphatic hydroxyl groups is 1. The number of aryl methyl sites for hydroxylation is 1. The number of hydrogen-bond donors (Lipinski definition) is 3. The van der Waals surface area contributed by atoms with Crippen LogP contribution in [0.5, 0.6) is 11.5 Å². The molecule has 32 heavy (non-hydrogen) atoms. The molecule has 174 valence electrons. The number of aliphatic imine (C=N–C) groups is 1.